The van der Waals surface area contributed by atoms with Gasteiger partial charge in [0.1, 0.15) is 5.75 Å². The molecule has 114 valence electrons. The van der Waals surface area contributed by atoms with Crippen LogP contribution in [0, 0.1) is 13.8 Å². The van der Waals surface area contributed by atoms with Gasteiger partial charge in [-0.1, -0.05) is 6.92 Å². The number of nitrogens with one attached hydrogen (secondary N) is 1. The van der Waals surface area contributed by atoms with Gasteiger partial charge in [0.15, 0.2) is 0 Å². The van der Waals surface area contributed by atoms with Gasteiger partial charge in [0.25, 0.3) is 0 Å². The molecule has 0 heterocycles. The molecular weight excluding hydrogens is 278 g/mol. The molecule has 5 nitrogen and oxygen atoms in total. The van der Waals surface area contributed by atoms with Crippen LogP contribution in [0.25, 0.3) is 0 Å². The van der Waals surface area contributed by atoms with Crippen molar-refractivity contribution >= 4 is 10.0 Å². The molecular formula is C14H23NO4S. The normalized spacial score (nSPS) is 13.2. The first-order valence-corrected chi connectivity index (χ1v) is 8.21. The summed E-state index contributed by atoms with van der Waals surface area (Å²) >= 11 is 0. The molecule has 0 saturated heterocycles. The molecule has 0 unspecified atom stereocenters. The second-order valence-electron chi connectivity index (χ2n) is 4.65. The highest BCUT2D eigenvalue weighted by Gasteiger charge is 2.22. The van der Waals surface area contributed by atoms with E-state index >= 15 is 0 Å². The summed E-state index contributed by atoms with van der Waals surface area (Å²) < 4.78 is 32.6. The molecule has 0 spiro atoms. The Balaban J connectivity index is 3.16. The van der Waals surface area contributed by atoms with Gasteiger partial charge in [0, 0.05) is 6.04 Å². The molecule has 0 aromatic heterocycles. The van der Waals surface area contributed by atoms with Crippen molar-refractivity contribution in [3.8, 4) is 5.75 Å². The second kappa shape index (κ2) is 7.06. The van der Waals surface area contributed by atoms with Crippen LogP contribution in [0.15, 0.2) is 17.0 Å². The summed E-state index contributed by atoms with van der Waals surface area (Å²) in [6, 6.07) is 2.74. The lowest BCUT2D eigenvalue weighted by Crippen LogP contribution is -2.37. The standard InChI is InChI=1S/C14H23NO4S/c1-5-12(9-16)15-20(17,18)14-8-7-13(19-6-2)10(3)11(14)4/h7-8,12,15-16H,5-6,9H2,1-4H3/t12-/m1/s1. The first-order chi connectivity index (χ1) is 9.37. The van der Waals surface area contributed by atoms with Gasteiger partial charge >= 0.3 is 0 Å². The van der Waals surface area contributed by atoms with E-state index in [9.17, 15) is 8.42 Å². The number of hydrogen-bond donors (Lipinski definition) is 2. The van der Waals surface area contributed by atoms with Gasteiger partial charge in [-0.15, -0.1) is 0 Å². The zero-order valence-corrected chi connectivity index (χ0v) is 13.3. The molecule has 0 aliphatic rings. The average molecular weight is 301 g/mol. The molecule has 1 aromatic carbocycles. The predicted octanol–water partition coefficient (Wildman–Crippen LogP) is 1.75. The molecule has 0 amide bonds. The summed E-state index contributed by atoms with van der Waals surface area (Å²) in [4.78, 5) is 0.227. The fourth-order valence-electron chi connectivity index (χ4n) is 1.91. The minimum Gasteiger partial charge on any atom is -0.494 e. The van der Waals surface area contributed by atoms with Crippen molar-refractivity contribution in [3.63, 3.8) is 0 Å². The topological polar surface area (TPSA) is 75.6 Å². The Morgan fingerprint density at radius 1 is 1.25 bits per heavy atom. The number of hydrogen-bond acceptors (Lipinski definition) is 4. The van der Waals surface area contributed by atoms with E-state index in [0.29, 0.717) is 24.3 Å². The Labute approximate surface area is 121 Å². The van der Waals surface area contributed by atoms with E-state index in [1.807, 2.05) is 20.8 Å². The summed E-state index contributed by atoms with van der Waals surface area (Å²) in [6.07, 6.45) is 0.533. The number of ether oxygens (including phenoxy) is 1. The van der Waals surface area contributed by atoms with Crippen LogP contribution in [-0.2, 0) is 10.0 Å². The Hall–Kier alpha value is -1.11. The van der Waals surface area contributed by atoms with Crippen LogP contribution in [0.5, 0.6) is 5.75 Å². The monoisotopic (exact) mass is 301 g/mol. The van der Waals surface area contributed by atoms with E-state index < -0.39 is 16.1 Å². The molecule has 0 fully saturated rings. The van der Waals surface area contributed by atoms with Gasteiger partial charge in [-0.2, -0.15) is 0 Å². The largest absolute Gasteiger partial charge is 0.494 e. The molecule has 0 aliphatic heterocycles. The summed E-state index contributed by atoms with van der Waals surface area (Å²) in [5.74, 6) is 0.693. The van der Waals surface area contributed by atoms with Crippen molar-refractivity contribution < 1.29 is 18.3 Å². The molecule has 2 N–H and O–H groups in total. The maximum atomic E-state index is 12.3. The Bertz CT molecular complexity index is 551. The maximum absolute atomic E-state index is 12.3. The van der Waals surface area contributed by atoms with Crippen molar-refractivity contribution in [2.45, 2.75) is 45.1 Å². The number of rotatable bonds is 7. The lowest BCUT2D eigenvalue weighted by atomic mass is 10.1. The fourth-order valence-corrected chi connectivity index (χ4v) is 3.52. The molecule has 1 aromatic rings. The number of sulfonamides is 1. The Morgan fingerprint density at radius 3 is 2.40 bits per heavy atom. The minimum absolute atomic E-state index is 0.217. The van der Waals surface area contributed by atoms with Crippen molar-refractivity contribution in [3.05, 3.63) is 23.3 Å². The number of benzene rings is 1. The minimum atomic E-state index is -3.63. The zero-order valence-electron chi connectivity index (χ0n) is 12.4. The predicted molar refractivity (Wildman–Crippen MR) is 78.6 cm³/mol. The van der Waals surface area contributed by atoms with Crippen LogP contribution in [0.4, 0.5) is 0 Å². The van der Waals surface area contributed by atoms with E-state index in [0.717, 1.165) is 5.56 Å². The van der Waals surface area contributed by atoms with Gasteiger partial charge in [0.2, 0.25) is 10.0 Å². The maximum Gasteiger partial charge on any atom is 0.241 e. The van der Waals surface area contributed by atoms with E-state index in [1.165, 1.54) is 0 Å². The van der Waals surface area contributed by atoms with Gasteiger partial charge in [-0.05, 0) is 50.5 Å². The van der Waals surface area contributed by atoms with Gasteiger partial charge in [-0.25, -0.2) is 13.1 Å². The Kier molecular flexibility index (Phi) is 5.98. The van der Waals surface area contributed by atoms with E-state index in [-0.39, 0.29) is 11.5 Å². The summed E-state index contributed by atoms with van der Waals surface area (Å²) in [7, 11) is -3.63. The summed E-state index contributed by atoms with van der Waals surface area (Å²) in [6.45, 7) is 7.61. The quantitative estimate of drug-likeness (QED) is 0.804. The lowest BCUT2D eigenvalue weighted by molar-refractivity contribution is 0.254. The van der Waals surface area contributed by atoms with Crippen LogP contribution in [-0.4, -0.2) is 32.8 Å². The third-order valence-electron chi connectivity index (χ3n) is 3.31. The molecule has 6 heteroatoms. The van der Waals surface area contributed by atoms with Crippen LogP contribution in [0.1, 0.15) is 31.4 Å². The van der Waals surface area contributed by atoms with Crippen molar-refractivity contribution in [1.82, 2.24) is 4.72 Å². The lowest BCUT2D eigenvalue weighted by Gasteiger charge is -2.17. The van der Waals surface area contributed by atoms with Gasteiger partial charge in [0.05, 0.1) is 18.1 Å². The third-order valence-corrected chi connectivity index (χ3v) is 4.98. The second-order valence-corrected chi connectivity index (χ2v) is 6.34. The first-order valence-electron chi connectivity index (χ1n) is 6.73. The highest BCUT2D eigenvalue weighted by Crippen LogP contribution is 2.27. The molecule has 0 saturated carbocycles. The third kappa shape index (κ3) is 3.71. The summed E-state index contributed by atoms with van der Waals surface area (Å²) in [5, 5.41) is 9.13. The zero-order chi connectivity index (χ0) is 15.3. The fraction of sp³-hybridized carbons (Fsp3) is 0.571. The van der Waals surface area contributed by atoms with E-state index in [4.69, 9.17) is 9.84 Å². The van der Waals surface area contributed by atoms with Crippen molar-refractivity contribution in [2.75, 3.05) is 13.2 Å². The SMILES string of the molecule is CCOc1ccc(S(=O)(=O)N[C@H](CC)CO)c(C)c1C. The van der Waals surface area contributed by atoms with Crippen molar-refractivity contribution in [1.29, 1.82) is 0 Å². The Morgan fingerprint density at radius 2 is 1.90 bits per heavy atom. The molecule has 0 bridgehead atoms. The molecule has 0 aliphatic carbocycles. The van der Waals surface area contributed by atoms with Crippen LogP contribution < -0.4 is 9.46 Å². The highest BCUT2D eigenvalue weighted by atomic mass is 32.2. The molecule has 1 atom stereocenters. The molecule has 0 radical (unpaired) electrons. The van der Waals surface area contributed by atoms with Crippen LogP contribution >= 0.6 is 0 Å². The first kappa shape index (κ1) is 16.9. The van der Waals surface area contributed by atoms with Crippen LogP contribution in [0.3, 0.4) is 0 Å². The number of aliphatic hydroxyl groups is 1. The average Bonchev–Trinajstić information content (AvgIpc) is 2.41. The smallest absolute Gasteiger partial charge is 0.241 e. The van der Waals surface area contributed by atoms with Gasteiger partial charge < -0.3 is 9.84 Å². The van der Waals surface area contributed by atoms with E-state index in [2.05, 4.69) is 4.72 Å². The van der Waals surface area contributed by atoms with E-state index in [1.54, 1.807) is 19.1 Å². The molecule has 20 heavy (non-hydrogen) atoms. The van der Waals surface area contributed by atoms with Crippen molar-refractivity contribution in [2.24, 2.45) is 0 Å². The summed E-state index contributed by atoms with van der Waals surface area (Å²) in [5.41, 5.74) is 1.48. The van der Waals surface area contributed by atoms with Gasteiger partial charge in [-0.3, -0.25) is 0 Å². The number of aliphatic hydroxyl groups excluding tert-OH is 1. The molecule has 1 rings (SSSR count). The van der Waals surface area contributed by atoms with Crippen LogP contribution in [0.2, 0.25) is 0 Å². The highest BCUT2D eigenvalue weighted by molar-refractivity contribution is 7.89.